The van der Waals surface area contributed by atoms with Crippen LogP contribution in [-0.2, 0) is 4.79 Å². The molecule has 0 unspecified atom stereocenters. The molecule has 0 bridgehead atoms. The molecule has 1 N–H and O–H groups in total. The van der Waals surface area contributed by atoms with E-state index < -0.39 is 0 Å². The maximum absolute atomic E-state index is 12.5. The predicted molar refractivity (Wildman–Crippen MR) is 119 cm³/mol. The van der Waals surface area contributed by atoms with E-state index in [1.165, 1.54) is 17.3 Å². The molecular formula is C22H20N4OS2. The summed E-state index contributed by atoms with van der Waals surface area (Å²) in [6.07, 6.45) is 3.29. The van der Waals surface area contributed by atoms with Crippen molar-refractivity contribution < 1.29 is 4.79 Å². The Balaban J connectivity index is 1.51. The Labute approximate surface area is 177 Å². The fourth-order valence-electron chi connectivity index (χ4n) is 3.03. The van der Waals surface area contributed by atoms with Crippen molar-refractivity contribution in [3.05, 3.63) is 71.6 Å². The lowest BCUT2D eigenvalue weighted by atomic mass is 10.1. The summed E-state index contributed by atoms with van der Waals surface area (Å²) in [6.45, 7) is 4.01. The second-order valence-corrected chi connectivity index (χ2v) is 8.53. The fraction of sp³-hybridized carbons (Fsp3) is 0.182. The standard InChI is InChI=1S/C22H20N4OS2/c1-14-6-8-16(9-7-14)17-11-28-21-20(17)22(25-13-24-21)29-12-19(27)26-15(2)18-5-3-4-10-23-18/h3-11,13,15H,12H2,1-2H3,(H,26,27)/t15-/m1/s1. The van der Waals surface area contributed by atoms with E-state index in [0.29, 0.717) is 0 Å². The summed E-state index contributed by atoms with van der Waals surface area (Å²) in [4.78, 5) is 26.6. The molecule has 4 aromatic rings. The van der Waals surface area contributed by atoms with Crippen molar-refractivity contribution in [2.24, 2.45) is 0 Å². The third-order valence-corrected chi connectivity index (χ3v) is 6.42. The molecule has 0 aliphatic carbocycles. The van der Waals surface area contributed by atoms with Gasteiger partial charge in [0.1, 0.15) is 16.2 Å². The zero-order valence-electron chi connectivity index (χ0n) is 16.1. The number of pyridine rings is 1. The number of aryl methyl sites for hydroxylation is 1. The van der Waals surface area contributed by atoms with Crippen molar-refractivity contribution in [2.75, 3.05) is 5.75 Å². The van der Waals surface area contributed by atoms with Crippen molar-refractivity contribution in [2.45, 2.75) is 24.9 Å². The summed E-state index contributed by atoms with van der Waals surface area (Å²) in [5, 5.41) is 6.94. The van der Waals surface area contributed by atoms with Crippen LogP contribution in [-0.4, -0.2) is 26.6 Å². The van der Waals surface area contributed by atoms with Gasteiger partial charge in [-0.1, -0.05) is 47.7 Å². The SMILES string of the molecule is Cc1ccc(-c2csc3ncnc(SCC(=O)N[C@H](C)c4ccccn4)c23)cc1. The Morgan fingerprint density at radius 2 is 1.97 bits per heavy atom. The topological polar surface area (TPSA) is 67.8 Å². The van der Waals surface area contributed by atoms with Gasteiger partial charge >= 0.3 is 0 Å². The minimum atomic E-state index is -0.140. The highest BCUT2D eigenvalue weighted by Crippen LogP contribution is 2.37. The molecule has 0 fully saturated rings. The molecule has 0 aliphatic rings. The van der Waals surface area contributed by atoms with Gasteiger partial charge in [-0.3, -0.25) is 9.78 Å². The minimum absolute atomic E-state index is 0.0490. The first-order valence-corrected chi connectivity index (χ1v) is 11.1. The summed E-state index contributed by atoms with van der Waals surface area (Å²) >= 11 is 3.03. The molecule has 146 valence electrons. The molecule has 3 aromatic heterocycles. The highest BCUT2D eigenvalue weighted by molar-refractivity contribution is 8.00. The van der Waals surface area contributed by atoms with Crippen LogP contribution >= 0.6 is 23.1 Å². The van der Waals surface area contributed by atoms with Gasteiger partial charge in [0, 0.05) is 17.1 Å². The Morgan fingerprint density at radius 1 is 1.14 bits per heavy atom. The van der Waals surface area contributed by atoms with E-state index >= 15 is 0 Å². The zero-order chi connectivity index (χ0) is 20.2. The third-order valence-electron chi connectivity index (χ3n) is 4.55. The van der Waals surface area contributed by atoms with Gasteiger partial charge in [0.05, 0.1) is 22.9 Å². The van der Waals surface area contributed by atoms with Gasteiger partial charge in [0.15, 0.2) is 0 Å². The van der Waals surface area contributed by atoms with E-state index in [1.54, 1.807) is 23.9 Å². The molecular weight excluding hydrogens is 400 g/mol. The van der Waals surface area contributed by atoms with E-state index in [0.717, 1.165) is 32.1 Å². The van der Waals surface area contributed by atoms with Crippen LogP contribution in [0.3, 0.4) is 0 Å². The molecule has 0 saturated heterocycles. The molecule has 1 aromatic carbocycles. The number of aromatic nitrogens is 3. The Kier molecular flexibility index (Phi) is 5.87. The van der Waals surface area contributed by atoms with Crippen molar-refractivity contribution in [1.82, 2.24) is 20.3 Å². The van der Waals surface area contributed by atoms with Crippen LogP contribution in [0.2, 0.25) is 0 Å². The van der Waals surface area contributed by atoms with E-state index in [1.807, 2.05) is 25.1 Å². The van der Waals surface area contributed by atoms with Gasteiger partial charge in [0.25, 0.3) is 0 Å². The fourth-order valence-corrected chi connectivity index (χ4v) is 4.83. The molecule has 3 heterocycles. The molecule has 1 atom stereocenters. The number of carbonyl (C=O) groups excluding carboxylic acids is 1. The van der Waals surface area contributed by atoms with Crippen LogP contribution in [0.4, 0.5) is 0 Å². The Hall–Kier alpha value is -2.77. The van der Waals surface area contributed by atoms with Crippen LogP contribution in [0.15, 0.2) is 65.4 Å². The number of carbonyl (C=O) groups is 1. The average Bonchev–Trinajstić information content (AvgIpc) is 3.18. The van der Waals surface area contributed by atoms with E-state index in [4.69, 9.17) is 0 Å². The van der Waals surface area contributed by atoms with Gasteiger partial charge in [-0.25, -0.2) is 9.97 Å². The lowest BCUT2D eigenvalue weighted by molar-refractivity contribution is -0.119. The number of benzene rings is 1. The van der Waals surface area contributed by atoms with E-state index in [-0.39, 0.29) is 17.7 Å². The van der Waals surface area contributed by atoms with Crippen molar-refractivity contribution in [1.29, 1.82) is 0 Å². The molecule has 5 nitrogen and oxygen atoms in total. The summed E-state index contributed by atoms with van der Waals surface area (Å²) in [5.74, 6) is 0.235. The van der Waals surface area contributed by atoms with Crippen molar-refractivity contribution in [3.63, 3.8) is 0 Å². The lowest BCUT2D eigenvalue weighted by Crippen LogP contribution is -2.28. The largest absolute Gasteiger partial charge is 0.347 e. The highest BCUT2D eigenvalue weighted by Gasteiger charge is 2.16. The van der Waals surface area contributed by atoms with E-state index in [9.17, 15) is 4.79 Å². The first kappa shape index (κ1) is 19.5. The average molecular weight is 421 g/mol. The second kappa shape index (κ2) is 8.71. The smallest absolute Gasteiger partial charge is 0.230 e. The van der Waals surface area contributed by atoms with Gasteiger partial charge in [-0.2, -0.15) is 0 Å². The third kappa shape index (κ3) is 4.46. The number of nitrogens with zero attached hydrogens (tertiary/aromatic N) is 3. The zero-order valence-corrected chi connectivity index (χ0v) is 17.8. The number of hydrogen-bond donors (Lipinski definition) is 1. The van der Waals surface area contributed by atoms with Crippen LogP contribution in [0.5, 0.6) is 0 Å². The first-order chi connectivity index (χ1) is 14.1. The van der Waals surface area contributed by atoms with Crippen molar-refractivity contribution in [3.8, 4) is 11.1 Å². The van der Waals surface area contributed by atoms with Crippen LogP contribution < -0.4 is 5.32 Å². The van der Waals surface area contributed by atoms with Gasteiger partial charge in [-0.05, 0) is 31.5 Å². The maximum atomic E-state index is 12.5. The van der Waals surface area contributed by atoms with Gasteiger partial charge in [0.2, 0.25) is 5.91 Å². The number of hydrogen-bond acceptors (Lipinski definition) is 6. The van der Waals surface area contributed by atoms with Gasteiger partial charge in [-0.15, -0.1) is 11.3 Å². The summed E-state index contributed by atoms with van der Waals surface area (Å²) in [6, 6.07) is 14.0. The molecule has 7 heteroatoms. The maximum Gasteiger partial charge on any atom is 0.230 e. The lowest BCUT2D eigenvalue weighted by Gasteiger charge is -2.13. The monoisotopic (exact) mass is 420 g/mol. The number of amides is 1. The predicted octanol–water partition coefficient (Wildman–Crippen LogP) is 5.03. The number of nitrogens with one attached hydrogen (secondary N) is 1. The molecule has 1 amide bonds. The normalized spacial score (nSPS) is 12.1. The Morgan fingerprint density at radius 3 is 2.72 bits per heavy atom. The van der Waals surface area contributed by atoms with E-state index in [2.05, 4.69) is 56.8 Å². The van der Waals surface area contributed by atoms with Crippen molar-refractivity contribution >= 4 is 39.2 Å². The number of thioether (sulfide) groups is 1. The second-order valence-electron chi connectivity index (χ2n) is 6.71. The number of rotatable bonds is 6. The summed E-state index contributed by atoms with van der Waals surface area (Å²) in [7, 11) is 0. The molecule has 0 saturated carbocycles. The summed E-state index contributed by atoms with van der Waals surface area (Å²) in [5.41, 5.74) is 4.30. The molecule has 29 heavy (non-hydrogen) atoms. The molecule has 0 spiro atoms. The number of thiophene rings is 1. The van der Waals surface area contributed by atoms with Crippen LogP contribution in [0.25, 0.3) is 21.3 Å². The van der Waals surface area contributed by atoms with Crippen LogP contribution in [0.1, 0.15) is 24.2 Å². The molecule has 4 rings (SSSR count). The highest BCUT2D eigenvalue weighted by atomic mass is 32.2. The molecule has 0 aliphatic heterocycles. The molecule has 0 radical (unpaired) electrons. The Bertz CT molecular complexity index is 1130. The number of fused-ring (bicyclic) bond motifs is 1. The summed E-state index contributed by atoms with van der Waals surface area (Å²) < 4.78 is 0. The minimum Gasteiger partial charge on any atom is -0.347 e. The first-order valence-electron chi connectivity index (χ1n) is 9.24. The van der Waals surface area contributed by atoms with Gasteiger partial charge < -0.3 is 5.32 Å². The quantitative estimate of drug-likeness (QED) is 0.350. The van der Waals surface area contributed by atoms with Crippen LogP contribution in [0, 0.1) is 6.92 Å².